The molecule has 20 heavy (non-hydrogen) atoms. The molecule has 6 heteroatoms. The second kappa shape index (κ2) is 6.56. The van der Waals surface area contributed by atoms with E-state index in [9.17, 15) is 9.59 Å². The van der Waals surface area contributed by atoms with E-state index in [0.717, 1.165) is 19.3 Å². The van der Waals surface area contributed by atoms with Crippen LogP contribution < -0.4 is 10.6 Å². The van der Waals surface area contributed by atoms with Gasteiger partial charge in [-0.25, -0.2) is 9.59 Å². The van der Waals surface area contributed by atoms with Crippen molar-refractivity contribution in [3.8, 4) is 0 Å². The number of urea groups is 1. The van der Waals surface area contributed by atoms with E-state index in [2.05, 4.69) is 32.6 Å². The Kier molecular flexibility index (Phi) is 4.79. The van der Waals surface area contributed by atoms with Crippen LogP contribution in [0.5, 0.6) is 0 Å². The molecule has 0 spiro atoms. The van der Waals surface area contributed by atoms with E-state index in [1.165, 1.54) is 6.07 Å². The number of carboxylic acid groups (broad SMARTS) is 1. The third-order valence-corrected chi connectivity index (χ3v) is 3.56. The van der Waals surface area contributed by atoms with Crippen molar-refractivity contribution in [1.29, 1.82) is 0 Å². The van der Waals surface area contributed by atoms with Gasteiger partial charge in [-0.1, -0.05) is 28.1 Å². The van der Waals surface area contributed by atoms with Gasteiger partial charge in [-0.05, 0) is 37.5 Å². The Morgan fingerprint density at radius 3 is 2.75 bits per heavy atom. The molecule has 0 saturated carbocycles. The molecule has 1 unspecified atom stereocenters. The molecular formula is C14H15BrN2O3. The fourth-order valence-electron chi connectivity index (χ4n) is 2.07. The van der Waals surface area contributed by atoms with Gasteiger partial charge < -0.3 is 15.7 Å². The number of anilines is 1. The van der Waals surface area contributed by atoms with Crippen LogP contribution in [-0.4, -0.2) is 23.1 Å². The smallest absolute Gasteiger partial charge is 0.337 e. The molecule has 0 aromatic heterocycles. The zero-order chi connectivity index (χ0) is 14.5. The number of rotatable bonds is 3. The van der Waals surface area contributed by atoms with Crippen LogP contribution in [0.1, 0.15) is 29.6 Å². The molecule has 0 radical (unpaired) electrons. The van der Waals surface area contributed by atoms with Crippen molar-refractivity contribution >= 4 is 33.6 Å². The maximum absolute atomic E-state index is 11.9. The number of amides is 2. The number of nitrogens with one attached hydrogen (secondary N) is 2. The third kappa shape index (κ3) is 3.84. The zero-order valence-corrected chi connectivity index (χ0v) is 12.3. The molecule has 106 valence electrons. The highest BCUT2D eigenvalue weighted by atomic mass is 79.9. The molecule has 3 N–H and O–H groups in total. The van der Waals surface area contributed by atoms with Crippen molar-refractivity contribution in [2.75, 3.05) is 5.32 Å². The van der Waals surface area contributed by atoms with Gasteiger partial charge in [-0.2, -0.15) is 0 Å². The SMILES string of the molecule is O=C(Nc1cc(Br)ccc1C(=O)O)NC1CC=CCC1. The van der Waals surface area contributed by atoms with Crippen LogP contribution in [0.4, 0.5) is 10.5 Å². The minimum absolute atomic E-state index is 0.0619. The second-order valence-electron chi connectivity index (χ2n) is 4.57. The first-order valence-corrected chi connectivity index (χ1v) is 7.11. The van der Waals surface area contributed by atoms with Gasteiger partial charge in [-0.3, -0.25) is 0 Å². The normalized spacial score (nSPS) is 17.6. The first-order valence-electron chi connectivity index (χ1n) is 6.31. The Morgan fingerprint density at radius 1 is 1.30 bits per heavy atom. The van der Waals surface area contributed by atoms with Crippen molar-refractivity contribution < 1.29 is 14.7 Å². The number of benzene rings is 1. The molecule has 1 aliphatic carbocycles. The number of hydrogen-bond donors (Lipinski definition) is 3. The summed E-state index contributed by atoms with van der Waals surface area (Å²) in [5.41, 5.74) is 0.336. The summed E-state index contributed by atoms with van der Waals surface area (Å²) in [7, 11) is 0. The summed E-state index contributed by atoms with van der Waals surface area (Å²) < 4.78 is 0.707. The summed E-state index contributed by atoms with van der Waals surface area (Å²) in [6.45, 7) is 0. The molecule has 2 amide bonds. The van der Waals surface area contributed by atoms with E-state index in [0.29, 0.717) is 4.47 Å². The minimum Gasteiger partial charge on any atom is -0.478 e. The molecule has 5 nitrogen and oxygen atoms in total. The van der Waals surface area contributed by atoms with Crippen molar-refractivity contribution in [3.05, 3.63) is 40.4 Å². The van der Waals surface area contributed by atoms with Crippen LogP contribution in [0.2, 0.25) is 0 Å². The molecule has 1 aliphatic rings. The predicted octanol–water partition coefficient (Wildman–Crippen LogP) is 3.38. The van der Waals surface area contributed by atoms with Crippen molar-refractivity contribution in [2.24, 2.45) is 0 Å². The summed E-state index contributed by atoms with van der Waals surface area (Å²) >= 11 is 3.26. The Labute approximate surface area is 125 Å². The summed E-state index contributed by atoms with van der Waals surface area (Å²) in [5.74, 6) is -1.08. The monoisotopic (exact) mass is 338 g/mol. The Hall–Kier alpha value is -1.82. The number of carbonyl (C=O) groups is 2. The molecule has 0 fully saturated rings. The van der Waals surface area contributed by atoms with Crippen LogP contribution in [0.15, 0.2) is 34.8 Å². The van der Waals surface area contributed by atoms with Gasteiger partial charge in [0.15, 0.2) is 0 Å². The van der Waals surface area contributed by atoms with Crippen LogP contribution in [0.3, 0.4) is 0 Å². The number of aromatic carboxylic acids is 1. The van der Waals surface area contributed by atoms with Crippen molar-refractivity contribution in [1.82, 2.24) is 5.32 Å². The molecule has 0 bridgehead atoms. The molecular weight excluding hydrogens is 324 g/mol. The van der Waals surface area contributed by atoms with Gasteiger partial charge in [0, 0.05) is 10.5 Å². The van der Waals surface area contributed by atoms with Gasteiger partial charge in [0.05, 0.1) is 11.3 Å². The highest BCUT2D eigenvalue weighted by Crippen LogP contribution is 2.21. The van der Waals surface area contributed by atoms with E-state index >= 15 is 0 Å². The molecule has 0 saturated heterocycles. The summed E-state index contributed by atoms with van der Waals surface area (Å²) in [6.07, 6.45) is 6.78. The number of carbonyl (C=O) groups excluding carboxylic acids is 1. The number of hydrogen-bond acceptors (Lipinski definition) is 2. The lowest BCUT2D eigenvalue weighted by molar-refractivity contribution is 0.0698. The lowest BCUT2D eigenvalue weighted by Gasteiger charge is -2.20. The molecule has 1 atom stereocenters. The van der Waals surface area contributed by atoms with E-state index in [1.54, 1.807) is 12.1 Å². The van der Waals surface area contributed by atoms with Crippen LogP contribution >= 0.6 is 15.9 Å². The quantitative estimate of drug-likeness (QED) is 0.739. The van der Waals surface area contributed by atoms with E-state index < -0.39 is 5.97 Å². The second-order valence-corrected chi connectivity index (χ2v) is 5.49. The first-order chi connectivity index (χ1) is 9.56. The van der Waals surface area contributed by atoms with Gasteiger partial charge in [0.2, 0.25) is 0 Å². The molecule has 2 rings (SSSR count). The van der Waals surface area contributed by atoms with Gasteiger partial charge in [0.1, 0.15) is 0 Å². The maximum atomic E-state index is 11.9. The third-order valence-electron chi connectivity index (χ3n) is 3.06. The highest BCUT2D eigenvalue weighted by Gasteiger charge is 2.16. The molecule has 1 aromatic rings. The molecule has 0 aliphatic heterocycles. The predicted molar refractivity (Wildman–Crippen MR) is 80.0 cm³/mol. The maximum Gasteiger partial charge on any atom is 0.337 e. The minimum atomic E-state index is -1.08. The fourth-order valence-corrected chi connectivity index (χ4v) is 2.44. The Balaban J connectivity index is 2.05. The van der Waals surface area contributed by atoms with E-state index in [-0.39, 0.29) is 23.3 Å². The van der Waals surface area contributed by atoms with Crippen LogP contribution in [-0.2, 0) is 0 Å². The van der Waals surface area contributed by atoms with Gasteiger partial charge in [0.25, 0.3) is 0 Å². The lowest BCUT2D eigenvalue weighted by atomic mass is 10.0. The Morgan fingerprint density at radius 2 is 2.10 bits per heavy atom. The average Bonchev–Trinajstić information content (AvgIpc) is 2.39. The van der Waals surface area contributed by atoms with Crippen molar-refractivity contribution in [2.45, 2.75) is 25.3 Å². The van der Waals surface area contributed by atoms with Gasteiger partial charge in [-0.15, -0.1) is 0 Å². The summed E-state index contributed by atoms with van der Waals surface area (Å²) in [5, 5.41) is 14.5. The largest absolute Gasteiger partial charge is 0.478 e. The van der Waals surface area contributed by atoms with E-state index in [1.807, 2.05) is 6.08 Å². The highest BCUT2D eigenvalue weighted by molar-refractivity contribution is 9.10. The topological polar surface area (TPSA) is 78.4 Å². The van der Waals surface area contributed by atoms with Gasteiger partial charge >= 0.3 is 12.0 Å². The number of halogens is 1. The van der Waals surface area contributed by atoms with Crippen molar-refractivity contribution in [3.63, 3.8) is 0 Å². The first kappa shape index (κ1) is 14.6. The van der Waals surface area contributed by atoms with E-state index in [4.69, 9.17) is 5.11 Å². The van der Waals surface area contributed by atoms with Crippen LogP contribution in [0.25, 0.3) is 0 Å². The summed E-state index contributed by atoms with van der Waals surface area (Å²) in [6, 6.07) is 4.36. The fraction of sp³-hybridized carbons (Fsp3) is 0.286. The number of carboxylic acids is 1. The molecule has 1 aromatic carbocycles. The standard InChI is InChI=1S/C14H15BrN2O3/c15-9-6-7-11(13(18)19)12(8-9)17-14(20)16-10-4-2-1-3-5-10/h1-2,6-8,10H,3-5H2,(H,18,19)(H2,16,17,20). The molecule has 0 heterocycles. The Bertz CT molecular complexity index is 557. The average molecular weight is 339 g/mol. The lowest BCUT2D eigenvalue weighted by Crippen LogP contribution is -2.38. The summed E-state index contributed by atoms with van der Waals surface area (Å²) in [4.78, 5) is 23.0. The number of allylic oxidation sites excluding steroid dienone is 1. The van der Waals surface area contributed by atoms with Crippen LogP contribution in [0, 0.1) is 0 Å². The zero-order valence-electron chi connectivity index (χ0n) is 10.7.